The van der Waals surface area contributed by atoms with Crippen LogP contribution in [0.2, 0.25) is 0 Å². The fraction of sp³-hybridized carbons (Fsp3) is 0.474. The summed E-state index contributed by atoms with van der Waals surface area (Å²) in [5.41, 5.74) is 2.68. The Morgan fingerprint density at radius 3 is 2.57 bits per heavy atom. The fourth-order valence-corrected chi connectivity index (χ4v) is 4.77. The Labute approximate surface area is 142 Å². The van der Waals surface area contributed by atoms with Crippen molar-refractivity contribution >= 4 is 11.3 Å². The van der Waals surface area contributed by atoms with Crippen LogP contribution in [0.5, 0.6) is 5.75 Å². The Hall–Kier alpha value is -1.36. The van der Waals surface area contributed by atoms with E-state index < -0.39 is 0 Å². The second kappa shape index (κ2) is 6.63. The maximum atomic E-state index is 5.28. The molecule has 4 heterocycles. The smallest absolute Gasteiger partial charge is 0.118 e. The second-order valence-electron chi connectivity index (χ2n) is 6.53. The lowest BCUT2D eigenvalue weighted by molar-refractivity contribution is 0.178. The van der Waals surface area contributed by atoms with Gasteiger partial charge in [0.15, 0.2) is 0 Å². The number of methoxy groups -OCH3 is 1. The summed E-state index contributed by atoms with van der Waals surface area (Å²) in [5.74, 6) is 0.920. The number of thiophene rings is 1. The maximum Gasteiger partial charge on any atom is 0.118 e. The van der Waals surface area contributed by atoms with Gasteiger partial charge in [-0.3, -0.25) is 4.90 Å². The minimum Gasteiger partial charge on any atom is -0.497 e. The molecule has 0 saturated carbocycles. The van der Waals surface area contributed by atoms with Crippen LogP contribution in [0.25, 0.3) is 11.1 Å². The van der Waals surface area contributed by atoms with Crippen molar-refractivity contribution in [2.24, 2.45) is 0 Å². The quantitative estimate of drug-likeness (QED) is 0.851. The van der Waals surface area contributed by atoms with Gasteiger partial charge in [0, 0.05) is 30.6 Å². The van der Waals surface area contributed by atoms with Crippen LogP contribution in [-0.2, 0) is 6.54 Å². The van der Waals surface area contributed by atoms with E-state index in [9.17, 15) is 0 Å². The molecule has 0 spiro atoms. The molecule has 3 fully saturated rings. The van der Waals surface area contributed by atoms with Gasteiger partial charge in [-0.25, -0.2) is 0 Å². The topological polar surface area (TPSA) is 15.7 Å². The van der Waals surface area contributed by atoms with Crippen LogP contribution >= 0.6 is 11.3 Å². The maximum absolute atomic E-state index is 5.28. The van der Waals surface area contributed by atoms with Crippen molar-refractivity contribution < 1.29 is 4.74 Å². The van der Waals surface area contributed by atoms with Gasteiger partial charge >= 0.3 is 0 Å². The third-order valence-electron chi connectivity index (χ3n) is 5.27. The van der Waals surface area contributed by atoms with Gasteiger partial charge in [0.1, 0.15) is 5.75 Å². The van der Waals surface area contributed by atoms with Gasteiger partial charge in [-0.05, 0) is 60.6 Å². The van der Waals surface area contributed by atoms with E-state index in [2.05, 4.69) is 45.5 Å². The van der Waals surface area contributed by atoms with E-state index in [1.54, 1.807) is 7.11 Å². The SMILES string of the molecule is COc1ccc(-c2ccsc2CN2CCN3CCC2CC3)cc1. The van der Waals surface area contributed by atoms with E-state index in [4.69, 9.17) is 4.74 Å². The molecule has 0 N–H and O–H groups in total. The largest absolute Gasteiger partial charge is 0.497 e. The van der Waals surface area contributed by atoms with E-state index in [-0.39, 0.29) is 0 Å². The Kier molecular flexibility index (Phi) is 4.38. The average molecular weight is 328 g/mol. The summed E-state index contributed by atoms with van der Waals surface area (Å²) >= 11 is 1.89. The predicted octanol–water partition coefficient (Wildman–Crippen LogP) is 3.70. The average Bonchev–Trinajstić information content (AvgIpc) is 2.89. The molecule has 122 valence electrons. The Bertz CT molecular complexity index is 644. The first kappa shape index (κ1) is 15.2. The normalized spacial score (nSPS) is 24.6. The number of piperidine rings is 1. The van der Waals surface area contributed by atoms with Crippen molar-refractivity contribution in [3.63, 3.8) is 0 Å². The van der Waals surface area contributed by atoms with E-state index in [0.717, 1.165) is 18.3 Å². The van der Waals surface area contributed by atoms with Gasteiger partial charge < -0.3 is 9.64 Å². The predicted molar refractivity (Wildman–Crippen MR) is 96.2 cm³/mol. The lowest BCUT2D eigenvalue weighted by atomic mass is 10.0. The summed E-state index contributed by atoms with van der Waals surface area (Å²) in [6.07, 6.45) is 2.67. The second-order valence-corrected chi connectivity index (χ2v) is 7.53. The van der Waals surface area contributed by atoms with Crippen molar-refractivity contribution in [1.82, 2.24) is 9.80 Å². The van der Waals surface area contributed by atoms with Gasteiger partial charge in [-0.2, -0.15) is 0 Å². The van der Waals surface area contributed by atoms with Crippen LogP contribution in [0.3, 0.4) is 0 Å². The molecule has 1 aromatic carbocycles. The lowest BCUT2D eigenvalue weighted by Crippen LogP contribution is -2.37. The molecule has 0 atom stereocenters. The minimum absolute atomic E-state index is 0.777. The van der Waals surface area contributed by atoms with Crippen LogP contribution in [0, 0.1) is 0 Å². The number of ether oxygens (including phenoxy) is 1. The van der Waals surface area contributed by atoms with Crippen molar-refractivity contribution in [2.75, 3.05) is 33.3 Å². The summed E-state index contributed by atoms with van der Waals surface area (Å²) in [7, 11) is 1.72. The highest BCUT2D eigenvalue weighted by Crippen LogP contribution is 2.32. The Balaban J connectivity index is 1.54. The zero-order valence-corrected chi connectivity index (χ0v) is 14.5. The van der Waals surface area contributed by atoms with Crippen LogP contribution < -0.4 is 4.74 Å². The van der Waals surface area contributed by atoms with Gasteiger partial charge in [-0.1, -0.05) is 12.1 Å². The number of hydrogen-bond acceptors (Lipinski definition) is 4. The summed E-state index contributed by atoms with van der Waals surface area (Å²) < 4.78 is 5.28. The molecule has 2 aromatic rings. The van der Waals surface area contributed by atoms with Gasteiger partial charge in [0.25, 0.3) is 0 Å². The molecule has 3 aliphatic heterocycles. The highest BCUT2D eigenvalue weighted by molar-refractivity contribution is 7.10. The van der Waals surface area contributed by atoms with E-state index >= 15 is 0 Å². The molecule has 3 aliphatic rings. The van der Waals surface area contributed by atoms with Crippen LogP contribution in [0.4, 0.5) is 0 Å². The van der Waals surface area contributed by atoms with Gasteiger partial charge in [-0.15, -0.1) is 11.3 Å². The number of nitrogens with zero attached hydrogens (tertiary/aromatic N) is 2. The van der Waals surface area contributed by atoms with Crippen molar-refractivity contribution in [3.05, 3.63) is 40.6 Å². The Morgan fingerprint density at radius 2 is 1.83 bits per heavy atom. The molecule has 0 aliphatic carbocycles. The monoisotopic (exact) mass is 328 g/mol. The number of rotatable bonds is 4. The zero-order valence-electron chi connectivity index (χ0n) is 13.7. The molecule has 0 unspecified atom stereocenters. The molecular formula is C19H24N2OS. The molecule has 2 bridgehead atoms. The summed E-state index contributed by atoms with van der Waals surface area (Å²) in [6.45, 7) is 6.12. The van der Waals surface area contributed by atoms with Gasteiger partial charge in [0.05, 0.1) is 7.11 Å². The molecular weight excluding hydrogens is 304 g/mol. The summed E-state index contributed by atoms with van der Waals surface area (Å²) in [5, 5.41) is 2.23. The molecule has 1 aromatic heterocycles. The lowest BCUT2D eigenvalue weighted by Gasteiger charge is -2.31. The molecule has 3 saturated heterocycles. The van der Waals surface area contributed by atoms with E-state index in [1.807, 2.05) is 11.3 Å². The van der Waals surface area contributed by atoms with Crippen molar-refractivity contribution in [1.29, 1.82) is 0 Å². The van der Waals surface area contributed by atoms with Crippen LogP contribution in [0.1, 0.15) is 17.7 Å². The van der Waals surface area contributed by atoms with Crippen LogP contribution in [0.15, 0.2) is 35.7 Å². The molecule has 3 nitrogen and oxygen atoms in total. The number of hydrogen-bond donors (Lipinski definition) is 0. The third-order valence-corrected chi connectivity index (χ3v) is 6.18. The first-order chi connectivity index (χ1) is 11.3. The zero-order chi connectivity index (χ0) is 15.6. The molecule has 23 heavy (non-hydrogen) atoms. The summed E-state index contributed by atoms with van der Waals surface area (Å²) in [4.78, 5) is 6.83. The van der Waals surface area contributed by atoms with Crippen molar-refractivity contribution in [2.45, 2.75) is 25.4 Å². The highest BCUT2D eigenvalue weighted by atomic mass is 32.1. The third kappa shape index (κ3) is 3.16. The molecule has 0 amide bonds. The van der Waals surface area contributed by atoms with Gasteiger partial charge in [0.2, 0.25) is 0 Å². The summed E-state index contributed by atoms with van der Waals surface area (Å²) in [6, 6.07) is 11.5. The minimum atomic E-state index is 0.777. The molecule has 5 rings (SSSR count). The van der Waals surface area contributed by atoms with E-state index in [0.29, 0.717) is 0 Å². The van der Waals surface area contributed by atoms with Crippen LogP contribution in [-0.4, -0.2) is 49.1 Å². The Morgan fingerprint density at radius 1 is 1.04 bits per heavy atom. The van der Waals surface area contributed by atoms with E-state index in [1.165, 1.54) is 55.0 Å². The molecule has 0 radical (unpaired) electrons. The fourth-order valence-electron chi connectivity index (χ4n) is 3.84. The first-order valence-electron chi connectivity index (χ1n) is 8.50. The number of benzene rings is 1. The standard InChI is InChI=1S/C19H24N2OS/c1-22-17-4-2-15(3-5-17)18-8-13-23-19(18)14-21-12-11-20-9-6-16(21)7-10-20/h2-5,8,13,16H,6-7,9-12,14H2,1H3. The first-order valence-corrected chi connectivity index (χ1v) is 9.38. The molecule has 4 heteroatoms. The van der Waals surface area contributed by atoms with Crippen molar-refractivity contribution in [3.8, 4) is 16.9 Å². The highest BCUT2D eigenvalue weighted by Gasteiger charge is 2.29. The number of fused-ring (bicyclic) bond motifs is 4.